The zero-order valence-corrected chi connectivity index (χ0v) is 15.5. The lowest BCUT2D eigenvalue weighted by molar-refractivity contribution is 0.0354. The Morgan fingerprint density at radius 2 is 1.96 bits per heavy atom. The van der Waals surface area contributed by atoms with Crippen LogP contribution >= 0.6 is 0 Å². The predicted molar refractivity (Wildman–Crippen MR) is 105 cm³/mol. The molecule has 28 heavy (non-hydrogen) atoms. The molecule has 1 atom stereocenters. The van der Waals surface area contributed by atoms with Gasteiger partial charge in [0, 0.05) is 12.2 Å². The van der Waals surface area contributed by atoms with E-state index >= 15 is 0 Å². The van der Waals surface area contributed by atoms with Crippen molar-refractivity contribution in [2.24, 2.45) is 0 Å². The van der Waals surface area contributed by atoms with E-state index in [1.54, 1.807) is 6.92 Å². The Bertz CT molecular complexity index is 1130. The van der Waals surface area contributed by atoms with E-state index in [4.69, 9.17) is 9.84 Å². The molecule has 6 heteroatoms. The fraction of sp³-hybridized carbons (Fsp3) is 0.273. The van der Waals surface area contributed by atoms with Gasteiger partial charge in [0.1, 0.15) is 0 Å². The number of carbonyl (C=O) groups is 1. The van der Waals surface area contributed by atoms with Crippen molar-refractivity contribution in [2.75, 3.05) is 0 Å². The molecule has 0 bridgehead atoms. The van der Waals surface area contributed by atoms with E-state index in [1.165, 1.54) is 6.20 Å². The highest BCUT2D eigenvalue weighted by Crippen LogP contribution is 2.34. The van der Waals surface area contributed by atoms with E-state index in [0.717, 1.165) is 28.5 Å². The molecule has 0 saturated heterocycles. The third kappa shape index (κ3) is 3.27. The van der Waals surface area contributed by atoms with Crippen LogP contribution in [0.3, 0.4) is 0 Å². The van der Waals surface area contributed by atoms with Crippen molar-refractivity contribution in [1.82, 2.24) is 4.57 Å². The van der Waals surface area contributed by atoms with Gasteiger partial charge in [-0.25, -0.2) is 4.79 Å². The summed E-state index contributed by atoms with van der Waals surface area (Å²) in [5.41, 5.74) is 0.103. The molecule has 6 nitrogen and oxygen atoms in total. The van der Waals surface area contributed by atoms with Crippen LogP contribution < -0.4 is 10.2 Å². The Morgan fingerprint density at radius 1 is 1.21 bits per heavy atom. The van der Waals surface area contributed by atoms with Gasteiger partial charge in [-0.1, -0.05) is 36.4 Å². The first-order valence-electron chi connectivity index (χ1n) is 9.23. The average Bonchev–Trinajstić information content (AvgIpc) is 2.64. The van der Waals surface area contributed by atoms with Crippen LogP contribution in [0.1, 0.15) is 36.6 Å². The molecular weight excluding hydrogens is 358 g/mol. The number of rotatable bonds is 3. The molecule has 0 saturated carbocycles. The molecule has 1 aromatic heterocycles. The summed E-state index contributed by atoms with van der Waals surface area (Å²) in [6, 6.07) is 14.1. The number of benzene rings is 2. The molecule has 1 aliphatic carbocycles. The van der Waals surface area contributed by atoms with E-state index in [1.807, 2.05) is 41.0 Å². The molecule has 0 spiro atoms. The quantitative estimate of drug-likeness (QED) is 0.678. The third-order valence-corrected chi connectivity index (χ3v) is 5.34. The fourth-order valence-corrected chi connectivity index (χ4v) is 4.07. The number of hydrogen-bond acceptors (Lipinski definition) is 4. The molecule has 0 amide bonds. The number of aromatic nitrogens is 1. The van der Waals surface area contributed by atoms with Gasteiger partial charge < -0.3 is 19.5 Å². The molecule has 2 aromatic carbocycles. The number of aliphatic hydroxyl groups is 1. The minimum absolute atomic E-state index is 0.235. The lowest BCUT2D eigenvalue weighted by Crippen LogP contribution is -2.37. The van der Waals surface area contributed by atoms with Crippen molar-refractivity contribution in [3.63, 3.8) is 0 Å². The minimum Gasteiger partial charge on any atom is -0.449 e. The van der Waals surface area contributed by atoms with E-state index in [9.17, 15) is 14.7 Å². The molecule has 0 aliphatic heterocycles. The van der Waals surface area contributed by atoms with Crippen LogP contribution in [-0.2, 0) is 18.6 Å². The van der Waals surface area contributed by atoms with Crippen molar-refractivity contribution in [2.45, 2.75) is 38.3 Å². The summed E-state index contributed by atoms with van der Waals surface area (Å²) in [6.45, 7) is 2.04. The van der Waals surface area contributed by atoms with Gasteiger partial charge in [-0.05, 0) is 48.6 Å². The number of nitrogens with zero attached hydrogens (tertiary/aromatic N) is 1. The highest BCUT2D eigenvalue weighted by atomic mass is 16.7. The third-order valence-electron chi connectivity index (χ3n) is 5.34. The first kappa shape index (κ1) is 18.3. The maximum Gasteiger partial charge on any atom is 0.511 e. The van der Waals surface area contributed by atoms with Crippen molar-refractivity contribution >= 4 is 16.9 Å². The first-order chi connectivity index (χ1) is 13.3. The molecule has 1 heterocycles. The van der Waals surface area contributed by atoms with Crippen LogP contribution in [0.4, 0.5) is 4.79 Å². The molecule has 1 aliphatic rings. The maximum atomic E-state index is 12.8. The van der Waals surface area contributed by atoms with Gasteiger partial charge in [0.05, 0.1) is 17.4 Å². The lowest BCUT2D eigenvalue weighted by Gasteiger charge is -2.32. The van der Waals surface area contributed by atoms with Crippen LogP contribution in [-0.4, -0.2) is 20.9 Å². The topological polar surface area (TPSA) is 88.8 Å². The van der Waals surface area contributed by atoms with Crippen LogP contribution in [0.2, 0.25) is 0 Å². The van der Waals surface area contributed by atoms with Crippen LogP contribution in [0, 0.1) is 0 Å². The Kier molecular flexibility index (Phi) is 4.43. The molecule has 1 unspecified atom stereocenters. The Morgan fingerprint density at radius 3 is 2.71 bits per heavy atom. The number of pyridine rings is 1. The highest BCUT2D eigenvalue weighted by molar-refractivity contribution is 5.83. The number of carboxylic acid groups (broad SMARTS) is 1. The van der Waals surface area contributed by atoms with E-state index in [-0.39, 0.29) is 11.3 Å². The number of fused-ring (bicyclic) bond motifs is 2. The molecular formula is C22H21NO5. The molecule has 3 aromatic rings. The first-order valence-corrected chi connectivity index (χ1v) is 9.23. The van der Waals surface area contributed by atoms with Crippen molar-refractivity contribution < 1.29 is 19.7 Å². The second-order valence-electron chi connectivity index (χ2n) is 7.45. The van der Waals surface area contributed by atoms with Gasteiger partial charge >= 0.3 is 6.16 Å². The monoisotopic (exact) mass is 379 g/mol. The second kappa shape index (κ2) is 6.80. The zero-order chi connectivity index (χ0) is 19.9. The van der Waals surface area contributed by atoms with Crippen LogP contribution in [0.5, 0.6) is 5.75 Å². The summed E-state index contributed by atoms with van der Waals surface area (Å²) in [6.07, 6.45) is 1.72. The van der Waals surface area contributed by atoms with Gasteiger partial charge in [0.15, 0.2) is 5.75 Å². The van der Waals surface area contributed by atoms with Crippen LogP contribution in [0.25, 0.3) is 10.8 Å². The average molecular weight is 379 g/mol. The van der Waals surface area contributed by atoms with Gasteiger partial charge in [-0.15, -0.1) is 0 Å². The summed E-state index contributed by atoms with van der Waals surface area (Å²) in [5.74, 6) is -0.283. The molecule has 2 N–H and O–H groups in total. The summed E-state index contributed by atoms with van der Waals surface area (Å²) < 4.78 is 6.55. The largest absolute Gasteiger partial charge is 0.511 e. The van der Waals surface area contributed by atoms with Crippen molar-refractivity contribution in [3.8, 4) is 5.75 Å². The normalized spacial score (nSPS) is 18.6. The fourth-order valence-electron chi connectivity index (χ4n) is 4.07. The second-order valence-corrected chi connectivity index (χ2v) is 7.45. The predicted octanol–water partition coefficient (Wildman–Crippen LogP) is 3.65. The van der Waals surface area contributed by atoms with E-state index in [2.05, 4.69) is 6.07 Å². The lowest BCUT2D eigenvalue weighted by atomic mass is 9.82. The maximum absolute atomic E-state index is 12.8. The summed E-state index contributed by atoms with van der Waals surface area (Å²) >= 11 is 0. The van der Waals surface area contributed by atoms with Gasteiger partial charge in [0.25, 0.3) is 0 Å². The Balaban J connectivity index is 1.85. The van der Waals surface area contributed by atoms with Crippen molar-refractivity contribution in [1.29, 1.82) is 0 Å². The smallest absolute Gasteiger partial charge is 0.449 e. The SMILES string of the molecule is CC1(O)CCCc2c1c(=O)c(OC(=O)O)cn2Cc1ccc2ccccc2c1. The van der Waals surface area contributed by atoms with Gasteiger partial charge in [-0.2, -0.15) is 0 Å². The Hall–Kier alpha value is -3.12. The molecule has 4 rings (SSSR count). The van der Waals surface area contributed by atoms with Gasteiger partial charge in [0.2, 0.25) is 5.43 Å². The number of ether oxygens (including phenoxy) is 1. The van der Waals surface area contributed by atoms with E-state index < -0.39 is 17.2 Å². The standard InChI is InChI=1S/C22H21NO5/c1-22(27)10-4-7-17-19(22)20(24)18(28-21(25)26)13-23(17)12-14-8-9-15-5-2-3-6-16(15)11-14/h2-3,5-6,8-9,11,13,27H,4,7,10,12H2,1H3,(H,25,26). The summed E-state index contributed by atoms with van der Waals surface area (Å²) in [4.78, 5) is 23.8. The summed E-state index contributed by atoms with van der Waals surface area (Å²) in [7, 11) is 0. The molecule has 0 fully saturated rings. The molecule has 0 radical (unpaired) electrons. The highest BCUT2D eigenvalue weighted by Gasteiger charge is 2.35. The van der Waals surface area contributed by atoms with Crippen LogP contribution in [0.15, 0.2) is 53.5 Å². The van der Waals surface area contributed by atoms with Crippen molar-refractivity contribution in [3.05, 3.63) is 75.7 Å². The van der Waals surface area contributed by atoms with E-state index in [0.29, 0.717) is 19.4 Å². The minimum atomic E-state index is -1.55. The molecule has 144 valence electrons. The summed E-state index contributed by atoms with van der Waals surface area (Å²) in [5, 5.41) is 22.0. The Labute approximate surface area is 161 Å². The zero-order valence-electron chi connectivity index (χ0n) is 15.5. The number of hydrogen-bond donors (Lipinski definition) is 2. The van der Waals surface area contributed by atoms with Gasteiger partial charge in [-0.3, -0.25) is 4.79 Å².